The van der Waals surface area contributed by atoms with Gasteiger partial charge in [0.25, 0.3) is 0 Å². The molecule has 0 saturated heterocycles. The van der Waals surface area contributed by atoms with Crippen LogP contribution in [0.1, 0.15) is 34.7 Å². The highest BCUT2D eigenvalue weighted by Gasteiger charge is 2.12. The molecule has 1 atom stereocenters. The van der Waals surface area contributed by atoms with Crippen molar-refractivity contribution in [2.45, 2.75) is 32.7 Å². The maximum Gasteiger partial charge on any atom is 0.122 e. The first kappa shape index (κ1) is 14.5. The molecule has 2 rings (SSSR count). The van der Waals surface area contributed by atoms with Crippen molar-refractivity contribution >= 4 is 0 Å². The molecule has 0 aliphatic carbocycles. The van der Waals surface area contributed by atoms with Gasteiger partial charge in [0.2, 0.25) is 0 Å². The highest BCUT2D eigenvalue weighted by molar-refractivity contribution is 5.42. The summed E-state index contributed by atoms with van der Waals surface area (Å²) >= 11 is 0. The molecule has 1 heterocycles. The number of hydrogen-bond donors (Lipinski definition) is 1. The molecular formula is C17H22N2O. The number of pyridine rings is 1. The molecule has 3 heteroatoms. The van der Waals surface area contributed by atoms with Gasteiger partial charge in [-0.2, -0.15) is 0 Å². The van der Waals surface area contributed by atoms with E-state index in [0.717, 1.165) is 24.2 Å². The number of aryl methyl sites for hydroxylation is 3. The van der Waals surface area contributed by atoms with Crippen LogP contribution in [0.5, 0.6) is 5.75 Å². The van der Waals surface area contributed by atoms with Gasteiger partial charge >= 0.3 is 0 Å². The van der Waals surface area contributed by atoms with Crippen LogP contribution in [0.25, 0.3) is 0 Å². The van der Waals surface area contributed by atoms with E-state index in [9.17, 15) is 0 Å². The second kappa shape index (κ2) is 6.53. The van der Waals surface area contributed by atoms with Gasteiger partial charge < -0.3 is 10.5 Å². The Kier molecular flexibility index (Phi) is 4.74. The molecule has 0 bridgehead atoms. The minimum atomic E-state index is 0.0415. The van der Waals surface area contributed by atoms with E-state index in [0.29, 0.717) is 0 Å². The predicted molar refractivity (Wildman–Crippen MR) is 82.0 cm³/mol. The van der Waals surface area contributed by atoms with E-state index >= 15 is 0 Å². The predicted octanol–water partition coefficient (Wildman–Crippen LogP) is 3.34. The van der Waals surface area contributed by atoms with Crippen molar-refractivity contribution in [2.75, 3.05) is 7.11 Å². The number of methoxy groups -OCH3 is 1. The Morgan fingerprint density at radius 1 is 1.25 bits per heavy atom. The van der Waals surface area contributed by atoms with Crippen molar-refractivity contribution in [1.82, 2.24) is 4.98 Å². The standard InChI is InChI=1S/C17H22N2O/c1-12-10-17(20-3)13(2)9-15(12)16(18)7-6-14-5-4-8-19-11-14/h4-5,8-11,16H,6-7,18H2,1-3H3. The van der Waals surface area contributed by atoms with E-state index in [1.807, 2.05) is 12.3 Å². The van der Waals surface area contributed by atoms with E-state index in [1.165, 1.54) is 16.7 Å². The summed E-state index contributed by atoms with van der Waals surface area (Å²) in [7, 11) is 1.70. The van der Waals surface area contributed by atoms with Crippen LogP contribution < -0.4 is 10.5 Å². The van der Waals surface area contributed by atoms with Crippen LogP contribution in [0.4, 0.5) is 0 Å². The first-order valence-corrected chi connectivity index (χ1v) is 6.91. The third kappa shape index (κ3) is 3.36. The van der Waals surface area contributed by atoms with Gasteiger partial charge in [-0.15, -0.1) is 0 Å². The van der Waals surface area contributed by atoms with Crippen LogP contribution in [-0.2, 0) is 6.42 Å². The van der Waals surface area contributed by atoms with E-state index in [-0.39, 0.29) is 6.04 Å². The van der Waals surface area contributed by atoms with Gasteiger partial charge in [0.05, 0.1) is 7.11 Å². The lowest BCUT2D eigenvalue weighted by Gasteiger charge is -2.17. The molecule has 0 saturated carbocycles. The number of hydrogen-bond acceptors (Lipinski definition) is 3. The summed E-state index contributed by atoms with van der Waals surface area (Å²) in [6, 6.07) is 8.30. The molecule has 0 spiro atoms. The lowest BCUT2D eigenvalue weighted by Crippen LogP contribution is -2.13. The van der Waals surface area contributed by atoms with Crippen LogP contribution >= 0.6 is 0 Å². The minimum absolute atomic E-state index is 0.0415. The van der Waals surface area contributed by atoms with Gasteiger partial charge in [0, 0.05) is 18.4 Å². The van der Waals surface area contributed by atoms with E-state index in [4.69, 9.17) is 10.5 Å². The quantitative estimate of drug-likeness (QED) is 0.906. The summed E-state index contributed by atoms with van der Waals surface area (Å²) in [5, 5.41) is 0. The first-order valence-electron chi connectivity index (χ1n) is 6.91. The number of nitrogens with two attached hydrogens (primary N) is 1. The van der Waals surface area contributed by atoms with Crippen LogP contribution in [-0.4, -0.2) is 12.1 Å². The molecule has 0 radical (unpaired) electrons. The summed E-state index contributed by atoms with van der Waals surface area (Å²) in [6.07, 6.45) is 5.55. The molecule has 1 unspecified atom stereocenters. The number of aromatic nitrogens is 1. The molecule has 20 heavy (non-hydrogen) atoms. The highest BCUT2D eigenvalue weighted by atomic mass is 16.5. The number of ether oxygens (including phenoxy) is 1. The van der Waals surface area contributed by atoms with Crippen LogP contribution in [0.15, 0.2) is 36.7 Å². The zero-order valence-electron chi connectivity index (χ0n) is 12.4. The third-order valence-electron chi connectivity index (χ3n) is 3.65. The Morgan fingerprint density at radius 3 is 2.70 bits per heavy atom. The molecule has 106 valence electrons. The Bertz CT molecular complexity index is 567. The molecule has 1 aromatic heterocycles. The third-order valence-corrected chi connectivity index (χ3v) is 3.65. The Balaban J connectivity index is 2.09. The van der Waals surface area contributed by atoms with Crippen molar-refractivity contribution in [3.63, 3.8) is 0 Å². The number of nitrogens with zero attached hydrogens (tertiary/aromatic N) is 1. The molecule has 2 N–H and O–H groups in total. The zero-order valence-corrected chi connectivity index (χ0v) is 12.4. The molecule has 1 aromatic carbocycles. The number of benzene rings is 1. The van der Waals surface area contributed by atoms with E-state index in [1.54, 1.807) is 13.3 Å². The average molecular weight is 270 g/mol. The van der Waals surface area contributed by atoms with Crippen molar-refractivity contribution in [1.29, 1.82) is 0 Å². The van der Waals surface area contributed by atoms with Gasteiger partial charge in [0.1, 0.15) is 5.75 Å². The molecule has 2 aromatic rings. The molecule has 3 nitrogen and oxygen atoms in total. The lowest BCUT2D eigenvalue weighted by molar-refractivity contribution is 0.411. The minimum Gasteiger partial charge on any atom is -0.496 e. The largest absolute Gasteiger partial charge is 0.496 e. The topological polar surface area (TPSA) is 48.1 Å². The fourth-order valence-electron chi connectivity index (χ4n) is 2.46. The maximum atomic E-state index is 6.34. The summed E-state index contributed by atoms with van der Waals surface area (Å²) in [4.78, 5) is 4.13. The Labute approximate surface area is 120 Å². The van der Waals surface area contributed by atoms with Gasteiger partial charge in [-0.05, 0) is 61.1 Å². The fourth-order valence-corrected chi connectivity index (χ4v) is 2.46. The zero-order chi connectivity index (χ0) is 14.5. The highest BCUT2D eigenvalue weighted by Crippen LogP contribution is 2.27. The van der Waals surface area contributed by atoms with Crippen molar-refractivity contribution in [3.05, 3.63) is 58.9 Å². The molecular weight excluding hydrogens is 248 g/mol. The van der Waals surface area contributed by atoms with Gasteiger partial charge in [-0.25, -0.2) is 0 Å². The maximum absolute atomic E-state index is 6.34. The van der Waals surface area contributed by atoms with E-state index < -0.39 is 0 Å². The lowest BCUT2D eigenvalue weighted by atomic mass is 9.94. The molecule has 0 aliphatic heterocycles. The van der Waals surface area contributed by atoms with E-state index in [2.05, 4.69) is 37.0 Å². The Hall–Kier alpha value is -1.87. The van der Waals surface area contributed by atoms with Crippen molar-refractivity contribution < 1.29 is 4.74 Å². The summed E-state index contributed by atoms with van der Waals surface area (Å²) in [5.74, 6) is 0.922. The van der Waals surface area contributed by atoms with Gasteiger partial charge in [0.15, 0.2) is 0 Å². The van der Waals surface area contributed by atoms with Crippen molar-refractivity contribution in [3.8, 4) is 5.75 Å². The van der Waals surface area contributed by atoms with Crippen LogP contribution in [0.3, 0.4) is 0 Å². The Morgan fingerprint density at radius 2 is 2.05 bits per heavy atom. The van der Waals surface area contributed by atoms with Gasteiger partial charge in [-0.3, -0.25) is 4.98 Å². The average Bonchev–Trinajstić information content (AvgIpc) is 2.47. The second-order valence-corrected chi connectivity index (χ2v) is 5.18. The molecule has 0 amide bonds. The van der Waals surface area contributed by atoms with Gasteiger partial charge in [-0.1, -0.05) is 12.1 Å². The SMILES string of the molecule is COc1cc(C)c(C(N)CCc2cccnc2)cc1C. The molecule has 0 fully saturated rings. The first-order chi connectivity index (χ1) is 9.61. The normalized spacial score (nSPS) is 12.2. The summed E-state index contributed by atoms with van der Waals surface area (Å²) in [5.41, 5.74) is 11.1. The summed E-state index contributed by atoms with van der Waals surface area (Å²) < 4.78 is 5.34. The number of rotatable bonds is 5. The summed E-state index contributed by atoms with van der Waals surface area (Å²) in [6.45, 7) is 4.14. The van der Waals surface area contributed by atoms with Crippen molar-refractivity contribution in [2.24, 2.45) is 5.73 Å². The fraction of sp³-hybridized carbons (Fsp3) is 0.353. The second-order valence-electron chi connectivity index (χ2n) is 5.18. The van der Waals surface area contributed by atoms with Crippen LogP contribution in [0.2, 0.25) is 0 Å². The molecule has 0 aliphatic rings. The monoisotopic (exact) mass is 270 g/mol. The smallest absolute Gasteiger partial charge is 0.122 e. The van der Waals surface area contributed by atoms with Crippen LogP contribution in [0, 0.1) is 13.8 Å².